The second kappa shape index (κ2) is 10.5. The van der Waals surface area contributed by atoms with Gasteiger partial charge in [0.15, 0.2) is 0 Å². The molecular weight excluding hydrogens is 450 g/mol. The Labute approximate surface area is 212 Å². The lowest BCUT2D eigenvalue weighted by Crippen LogP contribution is -2.35. The summed E-state index contributed by atoms with van der Waals surface area (Å²) in [6, 6.07) is 21.1. The SMILES string of the molecule is Cc1cc(NC(=O)C(Oc2ccc3c(c2)C(N)CCC3)c2ccccc2)ccc1N1CCCCC1=O. The zero-order valence-electron chi connectivity index (χ0n) is 20.7. The summed E-state index contributed by atoms with van der Waals surface area (Å²) < 4.78 is 6.29. The van der Waals surface area contributed by atoms with E-state index in [4.69, 9.17) is 10.5 Å². The van der Waals surface area contributed by atoms with Gasteiger partial charge in [0, 0.05) is 35.9 Å². The van der Waals surface area contributed by atoms with Crippen LogP contribution in [0.2, 0.25) is 0 Å². The lowest BCUT2D eigenvalue weighted by molar-refractivity contribution is -0.123. The Balaban J connectivity index is 1.37. The van der Waals surface area contributed by atoms with Crippen molar-refractivity contribution in [2.24, 2.45) is 5.73 Å². The second-order valence-corrected chi connectivity index (χ2v) is 9.76. The summed E-state index contributed by atoms with van der Waals surface area (Å²) >= 11 is 0. The number of carbonyl (C=O) groups excluding carboxylic acids is 2. The fourth-order valence-electron chi connectivity index (χ4n) is 5.23. The molecule has 3 N–H and O–H groups in total. The number of nitrogens with one attached hydrogen (secondary N) is 1. The van der Waals surface area contributed by atoms with Crippen molar-refractivity contribution in [1.29, 1.82) is 0 Å². The minimum atomic E-state index is -0.826. The predicted molar refractivity (Wildman–Crippen MR) is 142 cm³/mol. The van der Waals surface area contributed by atoms with Gasteiger partial charge in [-0.25, -0.2) is 0 Å². The molecule has 36 heavy (non-hydrogen) atoms. The van der Waals surface area contributed by atoms with Crippen molar-refractivity contribution in [2.45, 2.75) is 57.6 Å². The third-order valence-corrected chi connectivity index (χ3v) is 7.15. The van der Waals surface area contributed by atoms with Gasteiger partial charge in [-0.15, -0.1) is 0 Å². The van der Waals surface area contributed by atoms with E-state index >= 15 is 0 Å². The molecule has 2 aliphatic rings. The van der Waals surface area contributed by atoms with Crippen LogP contribution in [-0.2, 0) is 16.0 Å². The lowest BCUT2D eigenvalue weighted by atomic mass is 9.88. The molecule has 3 aromatic rings. The van der Waals surface area contributed by atoms with Crippen molar-refractivity contribution in [2.75, 3.05) is 16.8 Å². The maximum Gasteiger partial charge on any atom is 0.270 e. The molecule has 5 rings (SSSR count). The summed E-state index contributed by atoms with van der Waals surface area (Å²) in [4.78, 5) is 27.7. The zero-order chi connectivity index (χ0) is 25.1. The van der Waals surface area contributed by atoms with E-state index in [0.29, 0.717) is 17.9 Å². The number of rotatable bonds is 6. The third-order valence-electron chi connectivity index (χ3n) is 7.15. The molecule has 0 aromatic heterocycles. The van der Waals surface area contributed by atoms with Crippen LogP contribution in [-0.4, -0.2) is 18.4 Å². The first-order valence-corrected chi connectivity index (χ1v) is 12.8. The fourth-order valence-corrected chi connectivity index (χ4v) is 5.23. The molecule has 1 aliphatic carbocycles. The quantitative estimate of drug-likeness (QED) is 0.477. The van der Waals surface area contributed by atoms with E-state index in [2.05, 4.69) is 11.4 Å². The molecule has 2 amide bonds. The molecule has 0 saturated carbocycles. The number of aryl methyl sites for hydroxylation is 2. The number of benzene rings is 3. The Hall–Kier alpha value is -3.64. The number of amides is 2. The van der Waals surface area contributed by atoms with Gasteiger partial charge in [-0.3, -0.25) is 9.59 Å². The van der Waals surface area contributed by atoms with Crippen LogP contribution in [0.1, 0.15) is 66.5 Å². The first kappa shape index (κ1) is 24.1. The first-order valence-electron chi connectivity index (χ1n) is 12.8. The number of ether oxygens (including phenoxy) is 1. The average molecular weight is 484 g/mol. The van der Waals surface area contributed by atoms with E-state index < -0.39 is 6.10 Å². The van der Waals surface area contributed by atoms with Gasteiger partial charge in [0.25, 0.3) is 5.91 Å². The molecule has 0 spiro atoms. The topological polar surface area (TPSA) is 84.7 Å². The lowest BCUT2D eigenvalue weighted by Gasteiger charge is -2.28. The van der Waals surface area contributed by atoms with E-state index in [-0.39, 0.29) is 17.9 Å². The summed E-state index contributed by atoms with van der Waals surface area (Å²) in [7, 11) is 0. The van der Waals surface area contributed by atoms with Gasteiger partial charge in [-0.2, -0.15) is 0 Å². The van der Waals surface area contributed by atoms with Gasteiger partial charge in [0.1, 0.15) is 5.75 Å². The molecule has 1 fully saturated rings. The number of fused-ring (bicyclic) bond motifs is 1. The minimum absolute atomic E-state index is 0.00502. The molecule has 1 aliphatic heterocycles. The van der Waals surface area contributed by atoms with Crippen LogP contribution in [0.15, 0.2) is 66.7 Å². The van der Waals surface area contributed by atoms with Gasteiger partial charge >= 0.3 is 0 Å². The van der Waals surface area contributed by atoms with Crippen molar-refractivity contribution in [3.63, 3.8) is 0 Å². The average Bonchev–Trinajstić information content (AvgIpc) is 2.89. The summed E-state index contributed by atoms with van der Waals surface area (Å²) in [5, 5.41) is 3.02. The van der Waals surface area contributed by atoms with Gasteiger partial charge < -0.3 is 20.7 Å². The molecule has 3 aromatic carbocycles. The third kappa shape index (κ3) is 5.14. The smallest absolute Gasteiger partial charge is 0.270 e. The van der Waals surface area contributed by atoms with E-state index in [0.717, 1.165) is 61.0 Å². The molecule has 0 radical (unpaired) electrons. The van der Waals surface area contributed by atoms with Crippen molar-refractivity contribution >= 4 is 23.2 Å². The molecule has 6 heteroatoms. The molecule has 1 heterocycles. The Morgan fingerprint density at radius 2 is 1.86 bits per heavy atom. The highest BCUT2D eigenvalue weighted by atomic mass is 16.5. The largest absolute Gasteiger partial charge is 0.476 e. The van der Waals surface area contributed by atoms with Gasteiger partial charge in [0.05, 0.1) is 0 Å². The van der Waals surface area contributed by atoms with Crippen LogP contribution in [0.25, 0.3) is 0 Å². The van der Waals surface area contributed by atoms with Crippen LogP contribution in [0.4, 0.5) is 11.4 Å². The summed E-state index contributed by atoms with van der Waals surface area (Å²) in [5.74, 6) is 0.526. The predicted octanol–water partition coefficient (Wildman–Crippen LogP) is 5.61. The van der Waals surface area contributed by atoms with E-state index in [1.807, 2.05) is 72.5 Å². The molecule has 0 bridgehead atoms. The number of hydrogen-bond acceptors (Lipinski definition) is 4. The molecule has 1 saturated heterocycles. The standard InChI is InChI=1S/C30H33N3O3/c1-20-18-23(14-16-27(20)33-17-6-5-12-28(33)34)32-30(35)29(22-8-3-2-4-9-22)36-24-15-13-21-10-7-11-26(31)25(21)19-24/h2-4,8-9,13-16,18-19,26,29H,5-7,10-12,17,31H2,1H3,(H,32,35). The number of hydrogen-bond donors (Lipinski definition) is 2. The Morgan fingerprint density at radius 3 is 2.64 bits per heavy atom. The monoisotopic (exact) mass is 483 g/mol. The van der Waals surface area contributed by atoms with Gasteiger partial charge in [-0.1, -0.05) is 36.4 Å². The van der Waals surface area contributed by atoms with Crippen LogP contribution < -0.4 is 20.7 Å². The van der Waals surface area contributed by atoms with E-state index in [9.17, 15) is 9.59 Å². The molecule has 186 valence electrons. The second-order valence-electron chi connectivity index (χ2n) is 9.76. The maximum atomic E-state index is 13.5. The summed E-state index contributed by atoms with van der Waals surface area (Å²) in [6.07, 6.45) is 4.77. The number of anilines is 2. The molecule has 2 atom stereocenters. The maximum absolute atomic E-state index is 13.5. The van der Waals surface area contributed by atoms with Crippen LogP contribution in [0.3, 0.4) is 0 Å². The van der Waals surface area contributed by atoms with Crippen molar-refractivity contribution in [3.8, 4) is 5.75 Å². The van der Waals surface area contributed by atoms with Crippen LogP contribution >= 0.6 is 0 Å². The number of nitrogens with two attached hydrogens (primary N) is 1. The molecule has 6 nitrogen and oxygen atoms in total. The number of piperidine rings is 1. The zero-order valence-corrected chi connectivity index (χ0v) is 20.7. The van der Waals surface area contributed by atoms with Gasteiger partial charge in [0.2, 0.25) is 12.0 Å². The van der Waals surface area contributed by atoms with E-state index in [1.54, 1.807) is 0 Å². The fraction of sp³-hybridized carbons (Fsp3) is 0.333. The van der Waals surface area contributed by atoms with Crippen molar-refractivity contribution in [1.82, 2.24) is 0 Å². The Kier molecular flexibility index (Phi) is 7.05. The molecular formula is C30H33N3O3. The van der Waals surface area contributed by atoms with E-state index in [1.165, 1.54) is 5.56 Å². The summed E-state index contributed by atoms with van der Waals surface area (Å²) in [5.41, 5.74) is 12.0. The summed E-state index contributed by atoms with van der Waals surface area (Å²) in [6.45, 7) is 2.70. The highest BCUT2D eigenvalue weighted by Gasteiger charge is 2.26. The first-order chi connectivity index (χ1) is 17.5. The number of nitrogens with zero attached hydrogens (tertiary/aromatic N) is 1. The van der Waals surface area contributed by atoms with Crippen LogP contribution in [0, 0.1) is 6.92 Å². The van der Waals surface area contributed by atoms with Crippen molar-refractivity contribution in [3.05, 3.63) is 89.0 Å². The van der Waals surface area contributed by atoms with Crippen LogP contribution in [0.5, 0.6) is 5.75 Å². The Morgan fingerprint density at radius 1 is 1.03 bits per heavy atom. The highest BCUT2D eigenvalue weighted by Crippen LogP contribution is 2.33. The highest BCUT2D eigenvalue weighted by molar-refractivity contribution is 5.97. The number of carbonyl (C=O) groups is 2. The van der Waals surface area contributed by atoms with Crippen molar-refractivity contribution < 1.29 is 14.3 Å². The van der Waals surface area contributed by atoms with Gasteiger partial charge in [-0.05, 0) is 86.1 Å². The Bertz CT molecular complexity index is 1260. The minimum Gasteiger partial charge on any atom is -0.476 e. The molecule has 2 unspecified atom stereocenters. The normalized spacial score (nSPS) is 18.3.